The van der Waals surface area contributed by atoms with Crippen molar-refractivity contribution >= 4 is 5.97 Å². The van der Waals surface area contributed by atoms with E-state index >= 15 is 0 Å². The van der Waals surface area contributed by atoms with Gasteiger partial charge in [-0.15, -0.1) is 0 Å². The molecule has 0 spiro atoms. The minimum Gasteiger partial charge on any atom is -0.481 e. The Morgan fingerprint density at radius 3 is 2.30 bits per heavy atom. The van der Waals surface area contributed by atoms with E-state index in [9.17, 15) is 4.79 Å². The van der Waals surface area contributed by atoms with Crippen molar-refractivity contribution in [2.45, 2.75) is 19.0 Å². The Morgan fingerprint density at radius 2 is 2.20 bits per heavy atom. The lowest BCUT2D eigenvalue weighted by molar-refractivity contribution is -0.152. The number of hydrogen-bond acceptors (Lipinski definition) is 3. The summed E-state index contributed by atoms with van der Waals surface area (Å²) in [6, 6.07) is 0. The van der Waals surface area contributed by atoms with Crippen molar-refractivity contribution in [2.24, 2.45) is 23.3 Å². The van der Waals surface area contributed by atoms with E-state index in [-0.39, 0.29) is 5.92 Å². The summed E-state index contributed by atoms with van der Waals surface area (Å²) >= 11 is 0. The van der Waals surface area contributed by atoms with Crippen LogP contribution in [0.2, 0.25) is 0 Å². The zero-order chi connectivity index (χ0) is 7.94. The second-order valence-corrected chi connectivity index (χ2v) is 3.03. The summed E-state index contributed by atoms with van der Waals surface area (Å²) in [6.45, 7) is 1.86. The van der Waals surface area contributed by atoms with Gasteiger partial charge < -0.3 is 16.6 Å². The Bertz CT molecular complexity index is 167. The molecular formula is C6H12N2O2. The molecule has 0 heterocycles. The molecule has 58 valence electrons. The van der Waals surface area contributed by atoms with Gasteiger partial charge in [0.1, 0.15) is 0 Å². The number of aliphatic carboxylic acids is 1. The van der Waals surface area contributed by atoms with Gasteiger partial charge in [-0.25, -0.2) is 0 Å². The lowest BCUT2D eigenvalue weighted by Gasteiger charge is -2.47. The lowest BCUT2D eigenvalue weighted by atomic mass is 9.66. The van der Waals surface area contributed by atoms with Gasteiger partial charge in [0.05, 0.1) is 11.6 Å². The highest BCUT2D eigenvalue weighted by Crippen LogP contribution is 2.37. The molecule has 5 N–H and O–H groups in total. The molecule has 0 saturated heterocycles. The Kier molecular flexibility index (Phi) is 1.45. The molecule has 4 heteroatoms. The first-order valence-electron chi connectivity index (χ1n) is 3.26. The minimum absolute atomic E-state index is 0.119. The van der Waals surface area contributed by atoms with E-state index in [1.54, 1.807) is 0 Å². The molecule has 4 nitrogen and oxygen atoms in total. The molecule has 10 heavy (non-hydrogen) atoms. The predicted octanol–water partition coefficient (Wildman–Crippen LogP) is -0.659. The molecule has 2 unspecified atom stereocenters. The SMILES string of the molecule is CC1CC(C(=O)O)C1(N)N. The number of nitrogens with two attached hydrogens (primary N) is 2. The number of carboxylic acid groups (broad SMARTS) is 1. The molecule has 0 radical (unpaired) electrons. The van der Waals surface area contributed by atoms with Crippen molar-refractivity contribution in [3.05, 3.63) is 0 Å². The number of rotatable bonds is 1. The highest BCUT2D eigenvalue weighted by Gasteiger charge is 2.51. The Balaban J connectivity index is 2.63. The van der Waals surface area contributed by atoms with E-state index in [1.807, 2.05) is 6.92 Å². The molecule has 1 aliphatic rings. The van der Waals surface area contributed by atoms with Crippen molar-refractivity contribution in [1.29, 1.82) is 0 Å². The fourth-order valence-corrected chi connectivity index (χ4v) is 1.26. The van der Waals surface area contributed by atoms with E-state index in [4.69, 9.17) is 16.6 Å². The van der Waals surface area contributed by atoms with Crippen LogP contribution in [-0.2, 0) is 4.79 Å². The van der Waals surface area contributed by atoms with E-state index in [0.29, 0.717) is 6.42 Å². The minimum atomic E-state index is -0.980. The Morgan fingerprint density at radius 1 is 1.70 bits per heavy atom. The first-order chi connectivity index (χ1) is 4.46. The Labute approximate surface area is 59.2 Å². The summed E-state index contributed by atoms with van der Waals surface area (Å²) in [6.07, 6.45) is 0.600. The van der Waals surface area contributed by atoms with Gasteiger partial charge in [-0.05, 0) is 12.3 Å². The van der Waals surface area contributed by atoms with Gasteiger partial charge in [0.25, 0.3) is 0 Å². The fraction of sp³-hybridized carbons (Fsp3) is 0.833. The maximum Gasteiger partial charge on any atom is 0.309 e. The van der Waals surface area contributed by atoms with Gasteiger partial charge in [0.15, 0.2) is 0 Å². The summed E-state index contributed by atoms with van der Waals surface area (Å²) in [5, 5.41) is 8.53. The molecule has 0 amide bonds. The second kappa shape index (κ2) is 1.93. The van der Waals surface area contributed by atoms with Crippen LogP contribution < -0.4 is 11.5 Å². The van der Waals surface area contributed by atoms with E-state index in [0.717, 1.165) is 0 Å². The van der Waals surface area contributed by atoms with Gasteiger partial charge in [-0.2, -0.15) is 0 Å². The van der Waals surface area contributed by atoms with Crippen molar-refractivity contribution in [1.82, 2.24) is 0 Å². The fourth-order valence-electron chi connectivity index (χ4n) is 1.26. The second-order valence-electron chi connectivity index (χ2n) is 3.03. The molecule has 0 aromatic heterocycles. The lowest BCUT2D eigenvalue weighted by Crippen LogP contribution is -2.70. The van der Waals surface area contributed by atoms with Crippen LogP contribution in [0, 0.1) is 11.8 Å². The van der Waals surface area contributed by atoms with Gasteiger partial charge in [-0.1, -0.05) is 6.92 Å². The summed E-state index contributed by atoms with van der Waals surface area (Å²) in [5.74, 6) is -1.32. The number of carbonyl (C=O) groups is 1. The molecule has 1 aliphatic carbocycles. The highest BCUT2D eigenvalue weighted by molar-refractivity contribution is 5.73. The van der Waals surface area contributed by atoms with Crippen LogP contribution >= 0.6 is 0 Å². The monoisotopic (exact) mass is 144 g/mol. The highest BCUT2D eigenvalue weighted by atomic mass is 16.4. The van der Waals surface area contributed by atoms with Gasteiger partial charge in [0.2, 0.25) is 0 Å². The van der Waals surface area contributed by atoms with Crippen LogP contribution in [0.5, 0.6) is 0 Å². The third-order valence-electron chi connectivity index (χ3n) is 2.34. The summed E-state index contributed by atoms with van der Waals surface area (Å²) in [7, 11) is 0. The Hall–Kier alpha value is -0.610. The molecule has 1 saturated carbocycles. The quantitative estimate of drug-likeness (QED) is 0.426. The average Bonchev–Trinajstić information content (AvgIpc) is 1.82. The molecular weight excluding hydrogens is 132 g/mol. The van der Waals surface area contributed by atoms with Crippen LogP contribution in [0.25, 0.3) is 0 Å². The summed E-state index contributed by atoms with van der Waals surface area (Å²) in [4.78, 5) is 10.4. The summed E-state index contributed by atoms with van der Waals surface area (Å²) in [5.41, 5.74) is 10.0. The first kappa shape index (κ1) is 7.50. The molecule has 1 rings (SSSR count). The van der Waals surface area contributed by atoms with Gasteiger partial charge >= 0.3 is 5.97 Å². The molecule has 2 atom stereocenters. The molecule has 0 aliphatic heterocycles. The maximum atomic E-state index is 10.4. The number of hydrogen-bond donors (Lipinski definition) is 3. The number of carboxylic acids is 1. The standard InChI is InChI=1S/C6H12N2O2/c1-3-2-4(5(9)10)6(3,7)8/h3-4H,2,7-8H2,1H3,(H,9,10). The third kappa shape index (κ3) is 0.803. The molecule has 0 aromatic rings. The molecule has 0 bridgehead atoms. The van der Waals surface area contributed by atoms with E-state index < -0.39 is 17.6 Å². The van der Waals surface area contributed by atoms with Crippen LogP contribution in [0.15, 0.2) is 0 Å². The summed E-state index contributed by atoms with van der Waals surface area (Å²) < 4.78 is 0. The molecule has 1 fully saturated rings. The van der Waals surface area contributed by atoms with Crippen molar-refractivity contribution in [3.63, 3.8) is 0 Å². The van der Waals surface area contributed by atoms with Gasteiger partial charge in [-0.3, -0.25) is 4.79 Å². The van der Waals surface area contributed by atoms with Gasteiger partial charge in [0, 0.05) is 0 Å². The first-order valence-corrected chi connectivity index (χ1v) is 3.26. The van der Waals surface area contributed by atoms with Crippen LogP contribution in [0.3, 0.4) is 0 Å². The topological polar surface area (TPSA) is 89.3 Å². The average molecular weight is 144 g/mol. The van der Waals surface area contributed by atoms with Crippen LogP contribution in [0.4, 0.5) is 0 Å². The van der Waals surface area contributed by atoms with E-state index in [1.165, 1.54) is 0 Å². The third-order valence-corrected chi connectivity index (χ3v) is 2.34. The van der Waals surface area contributed by atoms with Crippen molar-refractivity contribution < 1.29 is 9.90 Å². The van der Waals surface area contributed by atoms with E-state index in [2.05, 4.69) is 0 Å². The van der Waals surface area contributed by atoms with Crippen molar-refractivity contribution in [2.75, 3.05) is 0 Å². The zero-order valence-corrected chi connectivity index (χ0v) is 5.87. The van der Waals surface area contributed by atoms with Crippen LogP contribution in [0.1, 0.15) is 13.3 Å². The van der Waals surface area contributed by atoms with Crippen molar-refractivity contribution in [3.8, 4) is 0 Å². The van der Waals surface area contributed by atoms with Crippen LogP contribution in [-0.4, -0.2) is 16.7 Å². The zero-order valence-electron chi connectivity index (χ0n) is 5.87. The maximum absolute atomic E-state index is 10.4. The largest absolute Gasteiger partial charge is 0.481 e. The molecule has 0 aromatic carbocycles. The normalized spacial score (nSPS) is 36.7. The predicted molar refractivity (Wildman–Crippen MR) is 36.0 cm³/mol. The smallest absolute Gasteiger partial charge is 0.309 e.